The van der Waals surface area contributed by atoms with E-state index >= 15 is 0 Å². The molecule has 0 bridgehead atoms. The van der Waals surface area contributed by atoms with E-state index in [2.05, 4.69) is 0 Å². The summed E-state index contributed by atoms with van der Waals surface area (Å²) in [5.74, 6) is -0.0346. The molecule has 0 saturated carbocycles. The van der Waals surface area contributed by atoms with Crippen LogP contribution in [0.5, 0.6) is 0 Å². The molecule has 3 nitrogen and oxygen atoms in total. The Balaban J connectivity index is 0.00000320. The first-order chi connectivity index (χ1) is 13.5. The summed E-state index contributed by atoms with van der Waals surface area (Å²) in [5, 5.41) is 0. The van der Waals surface area contributed by atoms with E-state index in [0.717, 1.165) is 21.2 Å². The number of nitrogens with zero attached hydrogens (tertiary/aromatic N) is 2. The second-order valence-corrected chi connectivity index (χ2v) is 6.55. The molecule has 24 heavy (non-hydrogen) atoms. The number of hydrogen-bond donors (Lipinski definition) is 0. The maximum Gasteiger partial charge on any atom is 0.159 e. The van der Waals surface area contributed by atoms with Crippen LogP contribution in [0.15, 0.2) is 52.3 Å². The van der Waals surface area contributed by atoms with Crippen LogP contribution >= 0.6 is 24.2 Å². The van der Waals surface area contributed by atoms with Gasteiger partial charge in [0.15, 0.2) is 5.78 Å². The van der Waals surface area contributed by atoms with Gasteiger partial charge in [0.25, 0.3) is 0 Å². The maximum absolute atomic E-state index is 11.9. The first kappa shape index (κ1) is 12.0. The van der Waals surface area contributed by atoms with Crippen LogP contribution in [-0.4, -0.2) is 37.7 Å². The molecule has 0 amide bonds. The van der Waals surface area contributed by atoms with Gasteiger partial charge in [-0.25, -0.2) is 0 Å². The summed E-state index contributed by atoms with van der Waals surface area (Å²) < 4.78 is 45.1. The molecule has 0 radical (unpaired) electrons. The Bertz CT molecular complexity index is 905. The maximum atomic E-state index is 11.9. The van der Waals surface area contributed by atoms with E-state index in [4.69, 9.17) is 8.22 Å². The van der Waals surface area contributed by atoms with Crippen LogP contribution in [0.2, 0.25) is 0 Å². The van der Waals surface area contributed by atoms with Crippen molar-refractivity contribution in [2.75, 3.05) is 31.9 Å². The molecule has 1 aliphatic rings. The summed E-state index contributed by atoms with van der Waals surface area (Å²) in [6, 6.07) is 13.4. The molecule has 2 aromatic carbocycles. The molecule has 128 valence electrons. The Morgan fingerprint density at radius 2 is 1.92 bits per heavy atom. The molecule has 2 aromatic rings. The number of anilines is 2. The van der Waals surface area contributed by atoms with Gasteiger partial charge in [-0.3, -0.25) is 4.79 Å². The molecule has 0 fully saturated rings. The zero-order chi connectivity index (χ0) is 21.4. The zero-order valence-corrected chi connectivity index (χ0v) is 14.9. The molecular weight excluding hydrogens is 340 g/mol. The van der Waals surface area contributed by atoms with Gasteiger partial charge in [0.1, 0.15) is 0 Å². The number of fused-ring (bicyclic) bond motifs is 2. The fraction of sp³-hybridized carbons (Fsp3) is 0.316. The molecule has 0 N–H and O–H groups in total. The summed E-state index contributed by atoms with van der Waals surface area (Å²) in [5.41, 5.74) is 2.43. The summed E-state index contributed by atoms with van der Waals surface area (Å²) in [6.07, 6.45) is 0.333. The smallest absolute Gasteiger partial charge is 0.159 e. The Morgan fingerprint density at radius 1 is 1.17 bits per heavy atom. The number of carbonyl (C=O) groups is 1. The predicted octanol–water partition coefficient (Wildman–Crippen LogP) is 4.87. The van der Waals surface area contributed by atoms with Crippen LogP contribution in [0, 0.1) is 0 Å². The molecule has 0 aliphatic carbocycles. The van der Waals surface area contributed by atoms with E-state index < -0.39 is 14.0 Å². The van der Waals surface area contributed by atoms with Gasteiger partial charge in [-0.05, 0) is 58.1 Å². The van der Waals surface area contributed by atoms with Gasteiger partial charge in [0.05, 0.1) is 11.4 Å². The SMILES string of the molecule is Cl.[2H]C([2H])([2H])N(CCCN1c2ccccc2Sc2ccc(C(C)=O)cc21)C([2H])([2H])[2H]. The lowest BCUT2D eigenvalue weighted by atomic mass is 10.1. The first-order valence-corrected chi connectivity index (χ1v) is 8.27. The molecule has 3 rings (SSSR count). The van der Waals surface area contributed by atoms with Crippen LogP contribution in [0.1, 0.15) is 31.9 Å². The van der Waals surface area contributed by atoms with E-state index in [9.17, 15) is 4.79 Å². The summed E-state index contributed by atoms with van der Waals surface area (Å²) >= 11 is 1.61. The van der Waals surface area contributed by atoms with Crippen molar-refractivity contribution in [2.24, 2.45) is 0 Å². The van der Waals surface area contributed by atoms with E-state index in [1.54, 1.807) is 17.8 Å². The first-order valence-electron chi connectivity index (χ1n) is 10.5. The number of carbonyl (C=O) groups excluding carboxylic acids is 1. The topological polar surface area (TPSA) is 23.6 Å². The Labute approximate surface area is 162 Å². The van der Waals surface area contributed by atoms with Crippen molar-refractivity contribution in [3.8, 4) is 0 Å². The fourth-order valence-corrected chi connectivity index (χ4v) is 3.75. The van der Waals surface area contributed by atoms with Gasteiger partial charge >= 0.3 is 0 Å². The van der Waals surface area contributed by atoms with Gasteiger partial charge in [0, 0.05) is 30.1 Å². The molecule has 0 atom stereocenters. The summed E-state index contributed by atoms with van der Waals surface area (Å²) in [4.78, 5) is 16.5. The van der Waals surface area contributed by atoms with Crippen molar-refractivity contribution in [1.29, 1.82) is 0 Å². The second-order valence-electron chi connectivity index (χ2n) is 5.47. The van der Waals surface area contributed by atoms with Crippen LogP contribution in [0.3, 0.4) is 0 Å². The summed E-state index contributed by atoms with van der Waals surface area (Å²) in [7, 11) is 0. The fourth-order valence-electron chi connectivity index (χ4n) is 2.68. The normalized spacial score (nSPS) is 17.2. The third-order valence-corrected chi connectivity index (χ3v) is 4.93. The minimum absolute atomic E-state index is 0. The number of hydrogen-bond acceptors (Lipinski definition) is 4. The lowest BCUT2D eigenvalue weighted by molar-refractivity contribution is 0.101. The largest absolute Gasteiger partial charge is 0.340 e. The number of halogens is 1. The highest BCUT2D eigenvalue weighted by Gasteiger charge is 2.23. The number of rotatable bonds is 5. The molecule has 0 saturated heterocycles. The van der Waals surface area contributed by atoms with Gasteiger partial charge < -0.3 is 9.80 Å². The highest BCUT2D eigenvalue weighted by molar-refractivity contribution is 7.99. The highest BCUT2D eigenvalue weighted by Crippen LogP contribution is 2.48. The predicted molar refractivity (Wildman–Crippen MR) is 104 cm³/mol. The Morgan fingerprint density at radius 3 is 2.67 bits per heavy atom. The Kier molecular flexibility index (Phi) is 4.02. The van der Waals surface area contributed by atoms with Crippen molar-refractivity contribution >= 4 is 41.3 Å². The van der Waals surface area contributed by atoms with Crippen LogP contribution in [-0.2, 0) is 0 Å². The molecule has 1 heterocycles. The minimum Gasteiger partial charge on any atom is -0.340 e. The molecule has 0 spiro atoms. The standard InChI is InChI=1S/C19H22N2OS.ClH/c1-14(22)15-9-10-19-17(13-15)21(12-6-11-20(2)3)16-7-4-5-8-18(16)23-19;/h4-5,7-10,13H,6,11-12H2,1-3H3;1H/i2D3,3D3;. The molecule has 5 heteroatoms. The van der Waals surface area contributed by atoms with Crippen LogP contribution in [0.4, 0.5) is 11.4 Å². The molecular formula is C19H23ClN2OS. The third kappa shape index (κ3) is 3.94. The zero-order valence-electron chi connectivity index (χ0n) is 19.3. The van der Waals surface area contributed by atoms with Crippen LogP contribution in [0.25, 0.3) is 0 Å². The Hall–Kier alpha value is -1.49. The van der Waals surface area contributed by atoms with Crippen molar-refractivity contribution in [3.63, 3.8) is 0 Å². The van der Waals surface area contributed by atoms with Gasteiger partial charge in [-0.1, -0.05) is 30.0 Å². The quantitative estimate of drug-likeness (QED) is 0.703. The van der Waals surface area contributed by atoms with Crippen molar-refractivity contribution < 1.29 is 13.0 Å². The monoisotopic (exact) mass is 368 g/mol. The van der Waals surface area contributed by atoms with Crippen molar-refractivity contribution in [1.82, 2.24) is 4.90 Å². The highest BCUT2D eigenvalue weighted by atomic mass is 35.5. The van der Waals surface area contributed by atoms with Crippen molar-refractivity contribution in [2.45, 2.75) is 23.1 Å². The molecule has 0 aromatic heterocycles. The number of Topliss-reactive ketones (excluding diaryl/α,β-unsaturated/α-hetero) is 1. The van der Waals surface area contributed by atoms with Crippen molar-refractivity contribution in [3.05, 3.63) is 48.0 Å². The van der Waals surface area contributed by atoms with E-state index in [1.807, 2.05) is 41.3 Å². The molecule has 1 aliphatic heterocycles. The van der Waals surface area contributed by atoms with Gasteiger partial charge in [0.2, 0.25) is 0 Å². The van der Waals surface area contributed by atoms with E-state index in [-0.39, 0.29) is 24.7 Å². The van der Waals surface area contributed by atoms with Crippen LogP contribution < -0.4 is 4.90 Å². The number of ketones is 1. The molecule has 0 unspecified atom stereocenters. The second kappa shape index (κ2) is 8.06. The lowest BCUT2D eigenvalue weighted by Crippen LogP contribution is -2.25. The third-order valence-electron chi connectivity index (χ3n) is 3.80. The van der Waals surface area contributed by atoms with Gasteiger partial charge in [-0.15, -0.1) is 12.4 Å². The average Bonchev–Trinajstić information content (AvgIpc) is 2.61. The number of para-hydroxylation sites is 1. The summed E-state index contributed by atoms with van der Waals surface area (Å²) in [6.45, 7) is -3.54. The number of benzene rings is 2. The van der Waals surface area contributed by atoms with Gasteiger partial charge in [-0.2, -0.15) is 0 Å². The minimum atomic E-state index is -2.69. The lowest BCUT2D eigenvalue weighted by Gasteiger charge is -2.33. The van der Waals surface area contributed by atoms with E-state index in [0.29, 0.717) is 23.4 Å². The average molecular weight is 369 g/mol. The van der Waals surface area contributed by atoms with E-state index in [1.165, 1.54) is 6.92 Å².